The number of carbonyl (C=O) groups is 1. The smallest absolute Gasteiger partial charge is 0.218 e. The molecule has 1 atom stereocenters. The van der Waals surface area contributed by atoms with Crippen molar-refractivity contribution in [3.63, 3.8) is 0 Å². The zero-order valence-electron chi connectivity index (χ0n) is 7.92. The van der Waals surface area contributed by atoms with Gasteiger partial charge in [-0.3, -0.25) is 4.79 Å². The Bertz CT molecular complexity index is 408. The maximum absolute atomic E-state index is 13.4. The highest BCUT2D eigenvalue weighted by Gasteiger charge is 2.18. The molecule has 0 aromatic heterocycles. The second-order valence-corrected chi connectivity index (χ2v) is 3.31. The van der Waals surface area contributed by atoms with Crippen LogP contribution in [-0.2, 0) is 4.79 Å². The molecule has 1 N–H and O–H groups in total. The summed E-state index contributed by atoms with van der Waals surface area (Å²) < 4.78 is 13.4. The third-order valence-electron chi connectivity index (χ3n) is 1.77. The minimum Gasteiger partial charge on any atom is -0.337 e. The quantitative estimate of drug-likeness (QED) is 0.840. The molecule has 0 saturated carbocycles. The van der Waals surface area contributed by atoms with Crippen molar-refractivity contribution in [2.75, 3.05) is 0 Å². The standard InChI is InChI=1S/C10H8ClFN2O/c1-6(15)14-9(5-13)10-7(11)3-2-4-8(10)12/h2-4,9H,1H3,(H,14,15). The number of rotatable bonds is 2. The Morgan fingerprint density at radius 2 is 2.33 bits per heavy atom. The molecular weight excluding hydrogens is 219 g/mol. The highest BCUT2D eigenvalue weighted by atomic mass is 35.5. The molecule has 0 aliphatic heterocycles. The Labute approximate surface area is 91.5 Å². The van der Waals surface area contributed by atoms with Gasteiger partial charge in [0.1, 0.15) is 11.9 Å². The molecule has 78 valence electrons. The molecule has 0 radical (unpaired) electrons. The summed E-state index contributed by atoms with van der Waals surface area (Å²) in [5.41, 5.74) is -0.00290. The molecule has 0 fully saturated rings. The van der Waals surface area contributed by atoms with Crippen molar-refractivity contribution >= 4 is 17.5 Å². The number of carbonyl (C=O) groups excluding carboxylic acids is 1. The van der Waals surface area contributed by atoms with E-state index in [1.165, 1.54) is 25.1 Å². The summed E-state index contributed by atoms with van der Waals surface area (Å²) in [5.74, 6) is -1.02. The Kier molecular flexibility index (Phi) is 3.64. The van der Waals surface area contributed by atoms with Gasteiger partial charge in [-0.05, 0) is 12.1 Å². The summed E-state index contributed by atoms with van der Waals surface area (Å²) in [4.78, 5) is 10.8. The third-order valence-corrected chi connectivity index (χ3v) is 2.09. The van der Waals surface area contributed by atoms with Crippen LogP contribution in [0.25, 0.3) is 0 Å². The van der Waals surface area contributed by atoms with Crippen molar-refractivity contribution in [1.29, 1.82) is 5.26 Å². The summed E-state index contributed by atoms with van der Waals surface area (Å²) in [6.45, 7) is 1.25. The van der Waals surface area contributed by atoms with Gasteiger partial charge in [0.2, 0.25) is 5.91 Å². The Hall–Kier alpha value is -1.60. The summed E-state index contributed by atoms with van der Waals surface area (Å²) in [7, 11) is 0. The van der Waals surface area contributed by atoms with E-state index >= 15 is 0 Å². The van der Waals surface area contributed by atoms with Crippen molar-refractivity contribution in [2.45, 2.75) is 13.0 Å². The normalized spacial score (nSPS) is 11.6. The molecule has 1 unspecified atom stereocenters. The van der Waals surface area contributed by atoms with Gasteiger partial charge in [0.25, 0.3) is 0 Å². The zero-order chi connectivity index (χ0) is 11.4. The average molecular weight is 227 g/mol. The first kappa shape index (κ1) is 11.5. The molecule has 0 aliphatic carbocycles. The van der Waals surface area contributed by atoms with E-state index in [2.05, 4.69) is 5.32 Å². The van der Waals surface area contributed by atoms with Crippen molar-refractivity contribution in [3.05, 3.63) is 34.6 Å². The molecular formula is C10H8ClFN2O. The van der Waals surface area contributed by atoms with E-state index in [4.69, 9.17) is 16.9 Å². The zero-order valence-corrected chi connectivity index (χ0v) is 8.68. The van der Waals surface area contributed by atoms with Crippen LogP contribution in [0.1, 0.15) is 18.5 Å². The van der Waals surface area contributed by atoms with Crippen molar-refractivity contribution < 1.29 is 9.18 Å². The van der Waals surface area contributed by atoms with Crippen LogP contribution in [0.15, 0.2) is 18.2 Å². The summed E-state index contributed by atoms with van der Waals surface area (Å²) in [5, 5.41) is 11.2. The van der Waals surface area contributed by atoms with Crippen LogP contribution in [0.4, 0.5) is 4.39 Å². The van der Waals surface area contributed by atoms with Gasteiger partial charge in [-0.2, -0.15) is 5.26 Å². The van der Waals surface area contributed by atoms with E-state index in [9.17, 15) is 9.18 Å². The number of nitrogens with one attached hydrogen (secondary N) is 1. The highest BCUT2D eigenvalue weighted by molar-refractivity contribution is 6.31. The maximum Gasteiger partial charge on any atom is 0.218 e. The first-order valence-electron chi connectivity index (χ1n) is 4.17. The van der Waals surface area contributed by atoms with Crippen molar-refractivity contribution in [1.82, 2.24) is 5.32 Å². The fourth-order valence-corrected chi connectivity index (χ4v) is 1.43. The lowest BCUT2D eigenvalue weighted by Crippen LogP contribution is -2.25. The summed E-state index contributed by atoms with van der Waals surface area (Å²) in [6, 6.07) is 4.80. The second-order valence-electron chi connectivity index (χ2n) is 2.90. The fourth-order valence-electron chi connectivity index (χ4n) is 1.16. The van der Waals surface area contributed by atoms with E-state index in [1.807, 2.05) is 0 Å². The number of benzene rings is 1. The number of nitrogens with zero attached hydrogens (tertiary/aromatic N) is 1. The van der Waals surface area contributed by atoms with Crippen LogP contribution < -0.4 is 5.32 Å². The first-order chi connectivity index (χ1) is 7.06. The minimum atomic E-state index is -1.06. The molecule has 1 aromatic carbocycles. The van der Waals surface area contributed by atoms with Crippen LogP contribution in [-0.4, -0.2) is 5.91 Å². The first-order valence-corrected chi connectivity index (χ1v) is 4.54. The SMILES string of the molecule is CC(=O)NC(C#N)c1c(F)cccc1Cl. The van der Waals surface area contributed by atoms with Gasteiger partial charge in [-0.15, -0.1) is 0 Å². The molecule has 0 spiro atoms. The number of amides is 1. The van der Waals surface area contributed by atoms with Gasteiger partial charge in [-0.25, -0.2) is 4.39 Å². The van der Waals surface area contributed by atoms with Crippen molar-refractivity contribution in [2.24, 2.45) is 0 Å². The maximum atomic E-state index is 13.4. The van der Waals surface area contributed by atoms with Gasteiger partial charge >= 0.3 is 0 Å². The van der Waals surface area contributed by atoms with E-state index in [1.54, 1.807) is 6.07 Å². The molecule has 1 aromatic rings. The van der Waals surface area contributed by atoms with Crippen LogP contribution in [0.3, 0.4) is 0 Å². The number of hydrogen-bond acceptors (Lipinski definition) is 2. The predicted octanol–water partition coefficient (Wildman–Crippen LogP) is 2.18. The summed E-state index contributed by atoms with van der Waals surface area (Å²) in [6.07, 6.45) is 0. The van der Waals surface area contributed by atoms with Crippen LogP contribution in [0, 0.1) is 17.1 Å². The molecule has 5 heteroatoms. The van der Waals surface area contributed by atoms with Gasteiger partial charge < -0.3 is 5.32 Å². The number of nitriles is 1. The minimum absolute atomic E-state index is 0.00290. The van der Waals surface area contributed by atoms with Crippen LogP contribution in [0.2, 0.25) is 5.02 Å². The van der Waals surface area contributed by atoms with E-state index in [0.717, 1.165) is 0 Å². The average Bonchev–Trinajstić information content (AvgIpc) is 2.15. The van der Waals surface area contributed by atoms with Crippen LogP contribution >= 0.6 is 11.6 Å². The van der Waals surface area contributed by atoms with Crippen LogP contribution in [0.5, 0.6) is 0 Å². The largest absolute Gasteiger partial charge is 0.337 e. The molecule has 1 rings (SSSR count). The Morgan fingerprint density at radius 1 is 1.67 bits per heavy atom. The Morgan fingerprint density at radius 3 is 2.80 bits per heavy atom. The molecule has 0 bridgehead atoms. The van der Waals surface area contributed by atoms with E-state index in [-0.39, 0.29) is 10.6 Å². The van der Waals surface area contributed by atoms with Gasteiger partial charge in [-0.1, -0.05) is 17.7 Å². The lowest BCUT2D eigenvalue weighted by atomic mass is 10.1. The molecule has 15 heavy (non-hydrogen) atoms. The lowest BCUT2D eigenvalue weighted by molar-refractivity contribution is -0.119. The molecule has 0 saturated heterocycles. The number of halogens is 2. The fraction of sp³-hybridized carbons (Fsp3) is 0.200. The van der Waals surface area contributed by atoms with Gasteiger partial charge in [0, 0.05) is 17.5 Å². The van der Waals surface area contributed by atoms with E-state index < -0.39 is 17.8 Å². The Balaban J connectivity index is 3.13. The number of hydrogen-bond donors (Lipinski definition) is 1. The van der Waals surface area contributed by atoms with Gasteiger partial charge in [0.15, 0.2) is 0 Å². The second kappa shape index (κ2) is 4.76. The summed E-state index contributed by atoms with van der Waals surface area (Å²) >= 11 is 5.74. The van der Waals surface area contributed by atoms with Crippen molar-refractivity contribution in [3.8, 4) is 6.07 Å². The van der Waals surface area contributed by atoms with Gasteiger partial charge in [0.05, 0.1) is 6.07 Å². The topological polar surface area (TPSA) is 52.9 Å². The third kappa shape index (κ3) is 2.67. The lowest BCUT2D eigenvalue weighted by Gasteiger charge is -2.12. The van der Waals surface area contributed by atoms with E-state index in [0.29, 0.717) is 0 Å². The highest BCUT2D eigenvalue weighted by Crippen LogP contribution is 2.25. The molecule has 0 aliphatic rings. The molecule has 3 nitrogen and oxygen atoms in total. The molecule has 1 amide bonds. The monoisotopic (exact) mass is 226 g/mol. The predicted molar refractivity (Wildman–Crippen MR) is 53.6 cm³/mol. The molecule has 0 heterocycles.